The van der Waals surface area contributed by atoms with E-state index in [1.54, 1.807) is 6.07 Å². The van der Waals surface area contributed by atoms with Crippen molar-refractivity contribution in [3.63, 3.8) is 0 Å². The molecule has 0 saturated carbocycles. The second-order valence-corrected chi connectivity index (χ2v) is 5.43. The molecule has 0 atom stereocenters. The quantitative estimate of drug-likeness (QED) is 0.370. The zero-order valence-corrected chi connectivity index (χ0v) is 16.5. The fraction of sp³-hybridized carbons (Fsp3) is 0.389. The van der Waals surface area contributed by atoms with Crippen LogP contribution in [0, 0.1) is 0 Å². The number of carboxylic acids is 2. The Morgan fingerprint density at radius 2 is 1.69 bits per heavy atom. The number of hydrogen-bond donors (Lipinski definition) is 4. The maximum Gasteiger partial charge on any atom is 0.414 e. The average molecular weight is 412 g/mol. The van der Waals surface area contributed by atoms with E-state index >= 15 is 0 Å². The highest BCUT2D eigenvalue weighted by molar-refractivity contribution is 6.27. The van der Waals surface area contributed by atoms with Crippen LogP contribution in [-0.2, 0) is 14.4 Å². The number of fused-ring (bicyclic) bond motifs is 1. The molecule has 11 heteroatoms. The lowest BCUT2D eigenvalue weighted by atomic mass is 10.1. The van der Waals surface area contributed by atoms with Crippen LogP contribution in [-0.4, -0.2) is 62.0 Å². The van der Waals surface area contributed by atoms with Crippen LogP contribution in [0.25, 0.3) is 11.0 Å². The SMILES string of the molecule is CCNCCOc1c(NC(C)=O)c(OC)c2ccoc2c1OC.O=C(O)C(=O)O. The molecule has 0 spiro atoms. The van der Waals surface area contributed by atoms with Crippen molar-refractivity contribution in [3.05, 3.63) is 12.3 Å². The van der Waals surface area contributed by atoms with Crippen LogP contribution in [0.5, 0.6) is 17.2 Å². The summed E-state index contributed by atoms with van der Waals surface area (Å²) in [5.74, 6) is -2.59. The first-order valence-corrected chi connectivity index (χ1v) is 8.50. The molecule has 1 amide bonds. The standard InChI is InChI=1S/C16H22N2O5.C2H2O4/c1-5-17-7-9-23-15-12(18-10(2)19)13(20-3)11-6-8-22-14(11)16(15)21-4;3-1(4)2(5)6/h6,8,17H,5,7,9H2,1-4H3,(H,18,19);(H,3,4)(H,5,6). The molecule has 0 aliphatic rings. The highest BCUT2D eigenvalue weighted by Gasteiger charge is 2.25. The normalized spacial score (nSPS) is 9.93. The Hall–Kier alpha value is -3.47. The largest absolute Gasteiger partial charge is 0.494 e. The van der Waals surface area contributed by atoms with Crippen molar-refractivity contribution >= 4 is 34.5 Å². The molecule has 0 bridgehead atoms. The van der Waals surface area contributed by atoms with Crippen molar-refractivity contribution < 1.29 is 43.2 Å². The molecule has 0 aliphatic carbocycles. The third-order valence-electron chi connectivity index (χ3n) is 3.44. The van der Waals surface area contributed by atoms with Gasteiger partial charge in [-0.05, 0) is 12.6 Å². The van der Waals surface area contributed by atoms with Gasteiger partial charge in [-0.25, -0.2) is 9.59 Å². The van der Waals surface area contributed by atoms with Crippen molar-refractivity contribution in [2.45, 2.75) is 13.8 Å². The van der Waals surface area contributed by atoms with Gasteiger partial charge in [0.1, 0.15) is 12.3 Å². The highest BCUT2D eigenvalue weighted by atomic mass is 16.5. The predicted octanol–water partition coefficient (Wildman–Crippen LogP) is 1.55. The van der Waals surface area contributed by atoms with Crippen LogP contribution in [0.3, 0.4) is 0 Å². The minimum Gasteiger partial charge on any atom is -0.494 e. The van der Waals surface area contributed by atoms with Gasteiger partial charge in [0.15, 0.2) is 17.1 Å². The zero-order valence-electron chi connectivity index (χ0n) is 16.5. The first-order chi connectivity index (χ1) is 13.8. The summed E-state index contributed by atoms with van der Waals surface area (Å²) in [6, 6.07) is 1.75. The Morgan fingerprint density at radius 3 is 2.17 bits per heavy atom. The number of carboxylic acid groups (broad SMARTS) is 2. The Morgan fingerprint density at radius 1 is 1.07 bits per heavy atom. The van der Waals surface area contributed by atoms with E-state index in [1.807, 2.05) is 6.92 Å². The minimum atomic E-state index is -1.82. The van der Waals surface area contributed by atoms with Crippen LogP contribution >= 0.6 is 0 Å². The second kappa shape index (κ2) is 11.4. The number of benzene rings is 1. The molecule has 160 valence electrons. The van der Waals surface area contributed by atoms with Crippen molar-refractivity contribution in [2.75, 3.05) is 39.2 Å². The van der Waals surface area contributed by atoms with Crippen LogP contribution in [0.15, 0.2) is 16.7 Å². The lowest BCUT2D eigenvalue weighted by Gasteiger charge is -2.19. The first kappa shape index (κ1) is 23.6. The van der Waals surface area contributed by atoms with E-state index in [4.69, 9.17) is 38.4 Å². The third-order valence-corrected chi connectivity index (χ3v) is 3.44. The number of rotatable bonds is 8. The molecule has 2 aromatic rings. The number of methoxy groups -OCH3 is 2. The van der Waals surface area contributed by atoms with Gasteiger partial charge in [0.05, 0.1) is 25.9 Å². The van der Waals surface area contributed by atoms with E-state index < -0.39 is 11.9 Å². The van der Waals surface area contributed by atoms with Gasteiger partial charge in [0.25, 0.3) is 0 Å². The van der Waals surface area contributed by atoms with E-state index in [0.717, 1.165) is 6.54 Å². The van der Waals surface area contributed by atoms with Crippen LogP contribution < -0.4 is 24.8 Å². The highest BCUT2D eigenvalue weighted by Crippen LogP contribution is 2.49. The number of hydrogen-bond acceptors (Lipinski definition) is 8. The van der Waals surface area contributed by atoms with Crippen LogP contribution in [0.1, 0.15) is 13.8 Å². The maximum absolute atomic E-state index is 11.6. The summed E-state index contributed by atoms with van der Waals surface area (Å²) >= 11 is 0. The van der Waals surface area contributed by atoms with E-state index in [9.17, 15) is 4.79 Å². The summed E-state index contributed by atoms with van der Waals surface area (Å²) in [6.07, 6.45) is 1.54. The molecule has 0 radical (unpaired) electrons. The summed E-state index contributed by atoms with van der Waals surface area (Å²) in [5.41, 5.74) is 0.944. The number of amides is 1. The van der Waals surface area contributed by atoms with E-state index in [1.165, 1.54) is 27.4 Å². The van der Waals surface area contributed by atoms with Gasteiger partial charge in [0, 0.05) is 13.5 Å². The molecule has 29 heavy (non-hydrogen) atoms. The van der Waals surface area contributed by atoms with Gasteiger partial charge in [0.2, 0.25) is 11.7 Å². The van der Waals surface area contributed by atoms with Gasteiger partial charge in [-0.2, -0.15) is 0 Å². The topological polar surface area (TPSA) is 157 Å². The molecule has 0 aliphatic heterocycles. The first-order valence-electron chi connectivity index (χ1n) is 8.50. The number of anilines is 1. The lowest BCUT2D eigenvalue weighted by Crippen LogP contribution is -2.21. The molecule has 4 N–H and O–H groups in total. The molecule has 11 nitrogen and oxygen atoms in total. The van der Waals surface area contributed by atoms with Gasteiger partial charge < -0.3 is 39.5 Å². The Balaban J connectivity index is 0.000000612. The van der Waals surface area contributed by atoms with Crippen molar-refractivity contribution in [3.8, 4) is 17.2 Å². The van der Waals surface area contributed by atoms with Crippen LogP contribution in [0.2, 0.25) is 0 Å². The molecule has 0 unspecified atom stereocenters. The Bertz CT molecular complexity index is 849. The minimum absolute atomic E-state index is 0.232. The number of carbonyl (C=O) groups is 3. The summed E-state index contributed by atoms with van der Waals surface area (Å²) < 4.78 is 22.2. The maximum atomic E-state index is 11.6. The fourth-order valence-electron chi connectivity index (χ4n) is 2.35. The molecule has 2 rings (SSSR count). The van der Waals surface area contributed by atoms with Crippen molar-refractivity contribution in [1.29, 1.82) is 0 Å². The average Bonchev–Trinajstić information content (AvgIpc) is 3.14. The Labute approximate surface area is 166 Å². The van der Waals surface area contributed by atoms with Crippen LogP contribution in [0.4, 0.5) is 5.69 Å². The fourth-order valence-corrected chi connectivity index (χ4v) is 2.35. The summed E-state index contributed by atoms with van der Waals surface area (Å²) in [4.78, 5) is 29.8. The van der Waals surface area contributed by atoms with E-state index in [-0.39, 0.29) is 5.91 Å². The van der Waals surface area contributed by atoms with Crippen molar-refractivity contribution in [2.24, 2.45) is 0 Å². The molecular formula is C18H24N2O9. The number of nitrogens with one attached hydrogen (secondary N) is 2. The van der Waals surface area contributed by atoms with Gasteiger partial charge >= 0.3 is 11.9 Å². The number of ether oxygens (including phenoxy) is 3. The summed E-state index contributed by atoms with van der Waals surface area (Å²) in [6.45, 7) is 5.36. The predicted molar refractivity (Wildman–Crippen MR) is 103 cm³/mol. The Kier molecular flexibility index (Phi) is 9.26. The number of likely N-dealkylation sites (N-methyl/N-ethyl adjacent to an activating group) is 1. The molecule has 1 aromatic carbocycles. The molecule has 1 heterocycles. The monoisotopic (exact) mass is 412 g/mol. The van der Waals surface area contributed by atoms with Crippen molar-refractivity contribution in [1.82, 2.24) is 5.32 Å². The number of carbonyl (C=O) groups excluding carboxylic acids is 1. The van der Waals surface area contributed by atoms with Gasteiger partial charge in [-0.3, -0.25) is 4.79 Å². The zero-order chi connectivity index (χ0) is 22.0. The molecule has 0 saturated heterocycles. The third kappa shape index (κ3) is 6.28. The van der Waals surface area contributed by atoms with E-state index in [0.29, 0.717) is 47.1 Å². The molecule has 1 aromatic heterocycles. The molecule has 0 fully saturated rings. The smallest absolute Gasteiger partial charge is 0.414 e. The van der Waals surface area contributed by atoms with Gasteiger partial charge in [-0.1, -0.05) is 6.92 Å². The van der Waals surface area contributed by atoms with E-state index in [2.05, 4.69) is 10.6 Å². The molecular weight excluding hydrogens is 388 g/mol. The van der Waals surface area contributed by atoms with Gasteiger partial charge in [-0.15, -0.1) is 0 Å². The second-order valence-electron chi connectivity index (χ2n) is 5.43. The summed E-state index contributed by atoms with van der Waals surface area (Å²) in [5, 5.41) is 21.4. The number of furan rings is 1. The lowest BCUT2D eigenvalue weighted by molar-refractivity contribution is -0.159. The number of aliphatic carboxylic acids is 2. The summed E-state index contributed by atoms with van der Waals surface area (Å²) in [7, 11) is 3.06.